The van der Waals surface area contributed by atoms with Crippen LogP contribution in [0, 0.1) is 5.92 Å². The van der Waals surface area contributed by atoms with Crippen LogP contribution in [0.4, 0.5) is 0 Å². The summed E-state index contributed by atoms with van der Waals surface area (Å²) in [7, 11) is 0. The Kier molecular flexibility index (Phi) is 4.91. The van der Waals surface area contributed by atoms with E-state index in [4.69, 9.17) is 0 Å². The average molecular weight is 295 g/mol. The van der Waals surface area contributed by atoms with Crippen LogP contribution in [0.2, 0.25) is 0 Å². The number of nitrogens with one attached hydrogen (secondary N) is 1. The Hall–Kier alpha value is -1.64. The quantitative estimate of drug-likeness (QED) is 0.829. The first kappa shape index (κ1) is 15.3. The van der Waals surface area contributed by atoms with Crippen molar-refractivity contribution in [2.75, 3.05) is 0 Å². The zero-order chi connectivity index (χ0) is 15.4. The van der Waals surface area contributed by atoms with Gasteiger partial charge in [-0.15, -0.1) is 0 Å². The van der Waals surface area contributed by atoms with E-state index in [2.05, 4.69) is 54.7 Å². The molecule has 1 aliphatic carbocycles. The highest BCUT2D eigenvalue weighted by Crippen LogP contribution is 2.39. The zero-order valence-corrected chi connectivity index (χ0v) is 13.2. The van der Waals surface area contributed by atoms with Gasteiger partial charge in [0.1, 0.15) is 0 Å². The van der Waals surface area contributed by atoms with Crippen molar-refractivity contribution in [3.63, 3.8) is 0 Å². The van der Waals surface area contributed by atoms with Crippen molar-refractivity contribution in [2.24, 2.45) is 5.92 Å². The van der Waals surface area contributed by atoms with Crippen molar-refractivity contribution in [1.82, 2.24) is 5.32 Å². The van der Waals surface area contributed by atoms with Gasteiger partial charge in [0.2, 0.25) is 0 Å². The number of hydrogen-bond acceptors (Lipinski definition) is 2. The topological polar surface area (TPSA) is 32.3 Å². The summed E-state index contributed by atoms with van der Waals surface area (Å²) in [6.07, 6.45) is 3.98. The van der Waals surface area contributed by atoms with Crippen LogP contribution in [0.3, 0.4) is 0 Å². The minimum absolute atomic E-state index is 0.102. The predicted molar refractivity (Wildman–Crippen MR) is 90.4 cm³/mol. The summed E-state index contributed by atoms with van der Waals surface area (Å²) in [5, 5.41) is 13.1. The molecule has 2 aromatic rings. The van der Waals surface area contributed by atoms with Gasteiger partial charge in [-0.05, 0) is 42.4 Å². The molecule has 0 spiro atoms. The second-order valence-electron chi connectivity index (χ2n) is 6.37. The molecule has 2 atom stereocenters. The smallest absolute Gasteiger partial charge is 0.0681 e. The molecule has 0 amide bonds. The van der Waals surface area contributed by atoms with E-state index in [0.717, 1.165) is 11.5 Å². The Morgan fingerprint density at radius 3 is 2.41 bits per heavy atom. The van der Waals surface area contributed by atoms with Crippen molar-refractivity contribution >= 4 is 0 Å². The molecule has 0 bridgehead atoms. The van der Waals surface area contributed by atoms with Crippen LogP contribution in [0.25, 0.3) is 0 Å². The number of hydrogen-bond donors (Lipinski definition) is 2. The zero-order valence-electron chi connectivity index (χ0n) is 13.2. The molecule has 2 heteroatoms. The van der Waals surface area contributed by atoms with E-state index in [0.29, 0.717) is 6.04 Å². The lowest BCUT2D eigenvalue weighted by Crippen LogP contribution is -2.33. The summed E-state index contributed by atoms with van der Waals surface area (Å²) in [6.45, 7) is 2.32. The summed E-state index contributed by atoms with van der Waals surface area (Å²) < 4.78 is 0. The molecule has 0 heterocycles. The minimum atomic E-state index is 0.102. The molecule has 0 aromatic heterocycles. The third-order valence-corrected chi connectivity index (χ3v) is 4.84. The summed E-state index contributed by atoms with van der Waals surface area (Å²) in [5.74, 6) is 0.742. The van der Waals surface area contributed by atoms with Crippen molar-refractivity contribution in [1.29, 1.82) is 0 Å². The molecule has 1 saturated carbocycles. The maximum Gasteiger partial charge on any atom is 0.0681 e. The Morgan fingerprint density at radius 1 is 1.05 bits per heavy atom. The maximum atomic E-state index is 9.32. The van der Waals surface area contributed by atoms with Crippen LogP contribution in [0.5, 0.6) is 0 Å². The Balaban J connectivity index is 1.77. The molecule has 0 saturated heterocycles. The second-order valence-corrected chi connectivity index (χ2v) is 6.37. The van der Waals surface area contributed by atoms with Gasteiger partial charge >= 0.3 is 0 Å². The fourth-order valence-electron chi connectivity index (χ4n) is 3.26. The van der Waals surface area contributed by atoms with Crippen molar-refractivity contribution in [2.45, 2.75) is 44.9 Å². The molecule has 0 radical (unpaired) electrons. The largest absolute Gasteiger partial charge is 0.392 e. The van der Waals surface area contributed by atoms with Crippen LogP contribution in [-0.4, -0.2) is 5.11 Å². The highest BCUT2D eigenvalue weighted by molar-refractivity contribution is 5.27. The van der Waals surface area contributed by atoms with Crippen LogP contribution in [0.1, 0.15) is 55.0 Å². The van der Waals surface area contributed by atoms with E-state index in [1.807, 2.05) is 12.1 Å². The molecule has 22 heavy (non-hydrogen) atoms. The van der Waals surface area contributed by atoms with E-state index < -0.39 is 0 Å². The third kappa shape index (κ3) is 3.40. The van der Waals surface area contributed by atoms with Crippen molar-refractivity contribution in [3.05, 3.63) is 71.3 Å². The Bertz CT molecular complexity index is 592. The van der Waals surface area contributed by atoms with E-state index in [1.165, 1.54) is 30.4 Å². The summed E-state index contributed by atoms with van der Waals surface area (Å²) in [5.41, 5.74) is 3.61. The molecular formula is C20H25NO. The van der Waals surface area contributed by atoms with Crippen LogP contribution in [-0.2, 0) is 6.61 Å². The molecule has 1 aliphatic rings. The first-order valence-electron chi connectivity index (χ1n) is 8.28. The van der Waals surface area contributed by atoms with Crippen molar-refractivity contribution < 1.29 is 5.11 Å². The standard InChI is InChI=1S/C20H25NO/c1-15(19-12-5-7-16(13-19)14-22)21-20(18-10-6-11-18)17-8-3-2-4-9-17/h2-5,7-9,12-13,15,18,20-22H,6,10-11,14H2,1H3. The van der Waals surface area contributed by atoms with Crippen LogP contribution in [0.15, 0.2) is 54.6 Å². The molecule has 1 fully saturated rings. The van der Waals surface area contributed by atoms with Gasteiger partial charge in [-0.1, -0.05) is 61.0 Å². The van der Waals surface area contributed by atoms with E-state index in [9.17, 15) is 5.11 Å². The molecule has 2 N–H and O–H groups in total. The number of aliphatic hydroxyl groups excluding tert-OH is 1. The van der Waals surface area contributed by atoms with Crippen LogP contribution >= 0.6 is 0 Å². The SMILES string of the molecule is CC(NC(c1ccccc1)C1CCC1)c1cccc(CO)c1. The van der Waals surface area contributed by atoms with E-state index in [-0.39, 0.29) is 12.6 Å². The number of aliphatic hydroxyl groups is 1. The van der Waals surface area contributed by atoms with Gasteiger partial charge in [0.05, 0.1) is 6.61 Å². The normalized spacial score (nSPS) is 17.7. The van der Waals surface area contributed by atoms with Gasteiger partial charge in [-0.2, -0.15) is 0 Å². The van der Waals surface area contributed by atoms with E-state index >= 15 is 0 Å². The average Bonchev–Trinajstić information content (AvgIpc) is 2.53. The van der Waals surface area contributed by atoms with Gasteiger partial charge in [-0.25, -0.2) is 0 Å². The molecule has 2 nitrogen and oxygen atoms in total. The summed E-state index contributed by atoms with van der Waals surface area (Å²) in [4.78, 5) is 0. The molecular weight excluding hydrogens is 270 g/mol. The molecule has 116 valence electrons. The van der Waals surface area contributed by atoms with Gasteiger partial charge in [-0.3, -0.25) is 0 Å². The highest BCUT2D eigenvalue weighted by Gasteiger charge is 2.29. The van der Waals surface area contributed by atoms with Gasteiger partial charge in [0, 0.05) is 12.1 Å². The maximum absolute atomic E-state index is 9.32. The third-order valence-electron chi connectivity index (χ3n) is 4.84. The Labute approximate surface area is 133 Å². The predicted octanol–water partition coefficient (Wildman–Crippen LogP) is 4.37. The first-order chi connectivity index (χ1) is 10.8. The fraction of sp³-hybridized carbons (Fsp3) is 0.400. The fourth-order valence-corrected chi connectivity index (χ4v) is 3.26. The van der Waals surface area contributed by atoms with Gasteiger partial charge in [0.15, 0.2) is 0 Å². The lowest BCUT2D eigenvalue weighted by molar-refractivity contribution is 0.219. The molecule has 2 unspecified atom stereocenters. The highest BCUT2D eigenvalue weighted by atomic mass is 16.3. The second kappa shape index (κ2) is 7.08. The van der Waals surface area contributed by atoms with Crippen molar-refractivity contribution in [3.8, 4) is 0 Å². The summed E-state index contributed by atoms with van der Waals surface area (Å²) >= 11 is 0. The number of rotatable bonds is 6. The number of benzene rings is 2. The lowest BCUT2D eigenvalue weighted by atomic mass is 9.77. The van der Waals surface area contributed by atoms with Crippen LogP contribution < -0.4 is 5.32 Å². The molecule has 0 aliphatic heterocycles. The minimum Gasteiger partial charge on any atom is -0.392 e. The molecule has 3 rings (SSSR count). The van der Waals surface area contributed by atoms with E-state index in [1.54, 1.807) is 0 Å². The van der Waals surface area contributed by atoms with Gasteiger partial charge < -0.3 is 10.4 Å². The monoisotopic (exact) mass is 295 g/mol. The lowest BCUT2D eigenvalue weighted by Gasteiger charge is -2.36. The van der Waals surface area contributed by atoms with Gasteiger partial charge in [0.25, 0.3) is 0 Å². The Morgan fingerprint density at radius 2 is 1.77 bits per heavy atom. The first-order valence-corrected chi connectivity index (χ1v) is 8.28. The summed E-state index contributed by atoms with van der Waals surface area (Å²) in [6, 6.07) is 19.7. The molecule has 2 aromatic carbocycles.